The Kier molecular flexibility index (Phi) is 6.46. The fourth-order valence-corrected chi connectivity index (χ4v) is 6.98. The molecule has 0 aromatic carbocycles. The minimum absolute atomic E-state index is 0.266. The van der Waals surface area contributed by atoms with Crippen LogP contribution in [0.25, 0.3) is 0 Å². The van der Waals surface area contributed by atoms with Crippen LogP contribution in [0.2, 0.25) is 0 Å². The van der Waals surface area contributed by atoms with Crippen LogP contribution in [0.1, 0.15) is 65.2 Å². The standard InChI is InChI=1S/C21H31NO.C4H8/c1-3-21-9-8-17-16-6-5-15(22)11-18(16)14(12-23)10-19(17)20(21)7-4-13(21)2;1-3-4-2/h3,11,13-14,16-17,19-20,22-23H,1,4-10,12H2,2H3;3H,1,4H2,2H3. The quantitative estimate of drug-likeness (QED) is 0.573. The van der Waals surface area contributed by atoms with Gasteiger partial charge < -0.3 is 10.5 Å². The minimum Gasteiger partial charge on any atom is -0.396 e. The zero-order valence-electron chi connectivity index (χ0n) is 17.4. The molecule has 27 heavy (non-hydrogen) atoms. The Balaban J connectivity index is 0.000000481. The van der Waals surface area contributed by atoms with Crippen molar-refractivity contribution in [3.8, 4) is 0 Å². The lowest BCUT2D eigenvalue weighted by Gasteiger charge is -2.55. The number of allylic oxidation sites excluding steroid dienone is 3. The molecule has 0 amide bonds. The van der Waals surface area contributed by atoms with Crippen LogP contribution in [-0.2, 0) is 0 Å². The summed E-state index contributed by atoms with van der Waals surface area (Å²) in [4.78, 5) is 0. The molecule has 7 unspecified atom stereocenters. The first-order valence-corrected chi connectivity index (χ1v) is 11.2. The van der Waals surface area contributed by atoms with E-state index < -0.39 is 0 Å². The van der Waals surface area contributed by atoms with Gasteiger partial charge in [-0.15, -0.1) is 13.2 Å². The van der Waals surface area contributed by atoms with E-state index in [9.17, 15) is 5.11 Å². The van der Waals surface area contributed by atoms with Gasteiger partial charge in [-0.05, 0) is 92.4 Å². The Bertz CT molecular complexity index is 605. The lowest BCUT2D eigenvalue weighted by Crippen LogP contribution is -2.49. The SMILES string of the molecule is C=CC12CCC3C4CCC(=N)C=C4C(CO)CC3C1CCC2C.C=CCC. The maximum Gasteiger partial charge on any atom is 0.0496 e. The third-order valence-corrected chi connectivity index (χ3v) is 8.42. The van der Waals surface area contributed by atoms with Gasteiger partial charge in [-0.1, -0.05) is 31.6 Å². The van der Waals surface area contributed by atoms with Crippen LogP contribution in [0.3, 0.4) is 0 Å². The van der Waals surface area contributed by atoms with E-state index in [1.165, 1.54) is 31.3 Å². The molecule has 2 nitrogen and oxygen atoms in total. The lowest BCUT2D eigenvalue weighted by atomic mass is 9.49. The topological polar surface area (TPSA) is 44.1 Å². The van der Waals surface area contributed by atoms with Crippen molar-refractivity contribution in [3.05, 3.63) is 37.0 Å². The van der Waals surface area contributed by atoms with Gasteiger partial charge in [0.15, 0.2) is 0 Å². The third kappa shape index (κ3) is 3.50. The summed E-state index contributed by atoms with van der Waals surface area (Å²) in [6, 6.07) is 0. The van der Waals surface area contributed by atoms with Crippen LogP contribution in [0.15, 0.2) is 37.0 Å². The van der Waals surface area contributed by atoms with Gasteiger partial charge in [0, 0.05) is 18.2 Å². The number of hydrogen-bond donors (Lipinski definition) is 2. The Morgan fingerprint density at radius 1 is 1.22 bits per heavy atom. The van der Waals surface area contributed by atoms with Crippen molar-refractivity contribution >= 4 is 5.71 Å². The molecule has 4 aliphatic carbocycles. The molecule has 2 N–H and O–H groups in total. The second-order valence-corrected chi connectivity index (χ2v) is 9.39. The zero-order valence-corrected chi connectivity index (χ0v) is 17.4. The van der Waals surface area contributed by atoms with Gasteiger partial charge in [0.1, 0.15) is 0 Å². The Labute approximate surface area is 166 Å². The van der Waals surface area contributed by atoms with Crippen molar-refractivity contribution in [1.29, 1.82) is 5.41 Å². The van der Waals surface area contributed by atoms with Gasteiger partial charge in [-0.25, -0.2) is 0 Å². The molecule has 0 spiro atoms. The van der Waals surface area contributed by atoms with Crippen LogP contribution in [0.4, 0.5) is 0 Å². The van der Waals surface area contributed by atoms with E-state index in [4.69, 9.17) is 5.41 Å². The highest BCUT2D eigenvalue weighted by Crippen LogP contribution is 2.64. The van der Waals surface area contributed by atoms with E-state index in [0.29, 0.717) is 17.3 Å². The number of nitrogens with one attached hydrogen (secondary N) is 1. The van der Waals surface area contributed by atoms with Gasteiger partial charge in [-0.3, -0.25) is 0 Å². The third-order valence-electron chi connectivity index (χ3n) is 8.42. The van der Waals surface area contributed by atoms with Gasteiger partial charge in [0.2, 0.25) is 0 Å². The molecule has 0 aromatic heterocycles. The summed E-state index contributed by atoms with van der Waals surface area (Å²) in [6.07, 6.45) is 16.0. The highest BCUT2D eigenvalue weighted by molar-refractivity contribution is 5.93. The van der Waals surface area contributed by atoms with E-state index in [0.717, 1.165) is 55.1 Å². The van der Waals surface area contributed by atoms with Crippen LogP contribution < -0.4 is 0 Å². The molecule has 0 aliphatic heterocycles. The van der Waals surface area contributed by atoms with Gasteiger partial charge in [0.25, 0.3) is 0 Å². The first-order chi connectivity index (χ1) is 13.0. The molecule has 3 fully saturated rings. The molecule has 0 aromatic rings. The van der Waals surface area contributed by atoms with Crippen molar-refractivity contribution in [3.63, 3.8) is 0 Å². The lowest BCUT2D eigenvalue weighted by molar-refractivity contribution is -0.0181. The highest BCUT2D eigenvalue weighted by Gasteiger charge is 2.57. The fourth-order valence-electron chi connectivity index (χ4n) is 6.98. The van der Waals surface area contributed by atoms with Gasteiger partial charge >= 0.3 is 0 Å². The van der Waals surface area contributed by atoms with Crippen LogP contribution >= 0.6 is 0 Å². The van der Waals surface area contributed by atoms with Crippen molar-refractivity contribution < 1.29 is 5.11 Å². The first kappa shape index (κ1) is 20.6. The number of hydrogen-bond acceptors (Lipinski definition) is 2. The summed E-state index contributed by atoms with van der Waals surface area (Å²) in [5.74, 6) is 4.05. The Hall–Kier alpha value is -1.15. The second-order valence-electron chi connectivity index (χ2n) is 9.39. The Morgan fingerprint density at radius 2 is 1.96 bits per heavy atom. The molecule has 4 rings (SSSR count). The maximum atomic E-state index is 9.99. The van der Waals surface area contributed by atoms with Gasteiger partial charge in [0.05, 0.1) is 0 Å². The van der Waals surface area contributed by atoms with Crippen LogP contribution in [0.5, 0.6) is 0 Å². The molecule has 0 saturated heterocycles. The molecule has 3 saturated carbocycles. The number of rotatable bonds is 3. The average molecular weight is 370 g/mol. The summed E-state index contributed by atoms with van der Waals surface area (Å²) < 4.78 is 0. The molecule has 7 atom stereocenters. The molecule has 0 bridgehead atoms. The summed E-state index contributed by atoms with van der Waals surface area (Å²) in [7, 11) is 0. The fraction of sp³-hybridized carbons (Fsp3) is 0.720. The summed E-state index contributed by atoms with van der Waals surface area (Å²) in [5.41, 5.74) is 2.56. The smallest absolute Gasteiger partial charge is 0.0496 e. The van der Waals surface area contributed by atoms with E-state index in [1.54, 1.807) is 0 Å². The van der Waals surface area contributed by atoms with E-state index >= 15 is 0 Å². The number of fused-ring (bicyclic) bond motifs is 5. The van der Waals surface area contributed by atoms with Crippen LogP contribution in [-0.4, -0.2) is 17.4 Å². The molecular formula is C25H39NO. The van der Waals surface area contributed by atoms with E-state index in [-0.39, 0.29) is 6.61 Å². The maximum absolute atomic E-state index is 9.99. The van der Waals surface area contributed by atoms with E-state index in [2.05, 4.69) is 39.2 Å². The van der Waals surface area contributed by atoms with E-state index in [1.807, 2.05) is 6.08 Å². The highest BCUT2D eigenvalue weighted by atomic mass is 16.3. The number of aliphatic hydroxyl groups is 1. The molecule has 0 heterocycles. The molecule has 4 aliphatic rings. The summed E-state index contributed by atoms with van der Waals surface area (Å²) in [5, 5.41) is 18.0. The summed E-state index contributed by atoms with van der Waals surface area (Å²) >= 11 is 0. The average Bonchev–Trinajstić information content (AvgIpc) is 3.04. The largest absolute Gasteiger partial charge is 0.396 e. The van der Waals surface area contributed by atoms with Crippen LogP contribution in [0, 0.1) is 46.3 Å². The van der Waals surface area contributed by atoms with Crippen molar-refractivity contribution in [2.45, 2.75) is 65.2 Å². The first-order valence-electron chi connectivity index (χ1n) is 11.2. The summed E-state index contributed by atoms with van der Waals surface area (Å²) in [6.45, 7) is 12.5. The van der Waals surface area contributed by atoms with Crippen molar-refractivity contribution in [1.82, 2.24) is 0 Å². The monoisotopic (exact) mass is 369 g/mol. The van der Waals surface area contributed by atoms with Crippen molar-refractivity contribution in [2.75, 3.05) is 6.61 Å². The normalized spacial score (nSPS) is 42.6. The molecule has 150 valence electrons. The molecule has 0 radical (unpaired) electrons. The number of aliphatic hydroxyl groups excluding tert-OH is 1. The van der Waals surface area contributed by atoms with Gasteiger partial charge in [-0.2, -0.15) is 0 Å². The molecular weight excluding hydrogens is 330 g/mol. The minimum atomic E-state index is 0.266. The predicted molar refractivity (Wildman–Crippen MR) is 115 cm³/mol. The second kappa shape index (κ2) is 8.47. The molecule has 2 heteroatoms. The van der Waals surface area contributed by atoms with Crippen molar-refractivity contribution in [2.24, 2.45) is 40.9 Å². The zero-order chi connectivity index (χ0) is 19.6. The predicted octanol–water partition coefficient (Wildman–Crippen LogP) is 6.18. The Morgan fingerprint density at radius 3 is 2.59 bits per heavy atom.